The first-order valence-corrected chi connectivity index (χ1v) is 20.3. The summed E-state index contributed by atoms with van der Waals surface area (Å²) in [6.07, 6.45) is 0. The van der Waals surface area contributed by atoms with Gasteiger partial charge in [-0.15, -0.1) is 0 Å². The first-order valence-electron chi connectivity index (χ1n) is 20.3. The van der Waals surface area contributed by atoms with Gasteiger partial charge in [-0.2, -0.15) is 0 Å². The van der Waals surface area contributed by atoms with Gasteiger partial charge in [-0.05, 0) is 39.6 Å². The molecule has 0 spiro atoms. The van der Waals surface area contributed by atoms with Crippen LogP contribution < -0.4 is 0 Å². The number of para-hydroxylation sites is 1. The van der Waals surface area contributed by atoms with Gasteiger partial charge >= 0.3 is 0 Å². The van der Waals surface area contributed by atoms with Crippen molar-refractivity contribution in [2.24, 2.45) is 0 Å². The van der Waals surface area contributed by atoms with Gasteiger partial charge in [0.15, 0.2) is 5.82 Å². The first-order chi connectivity index (χ1) is 29.8. The summed E-state index contributed by atoms with van der Waals surface area (Å²) in [4.78, 5) is 16.0. The molecule has 0 saturated heterocycles. The minimum absolute atomic E-state index is 0.697. The molecule has 0 bridgehead atoms. The van der Waals surface area contributed by atoms with Crippen molar-refractivity contribution in [1.29, 1.82) is 0 Å². The molecule has 12 rings (SSSR count). The number of fused-ring (bicyclic) bond motifs is 9. The second kappa shape index (κ2) is 13.8. The largest absolute Gasteiger partial charge is 0.292 e. The highest BCUT2D eigenvalue weighted by molar-refractivity contribution is 6.24. The monoisotopic (exact) mass is 765 g/mol. The molecule has 0 aliphatic carbocycles. The molecule has 3 aromatic heterocycles. The standard InChI is InChI=1S/C55H35N5/c1-4-16-38(17-5-1)50-47-26-14-15-27-48(47)55-58-52(39-18-6-2-7-19-39)57-54(60(50)55)41-34-30-37(31-35-41)36-28-32-40(33-29-36)53-56-49-45-24-12-10-22-43(45)44-23-11-13-25-46(44)51(49)59(53)42-20-8-3-9-21-42/h1-35H. The number of nitrogens with zero attached hydrogens (tertiary/aromatic N) is 5. The summed E-state index contributed by atoms with van der Waals surface area (Å²) in [5.41, 5.74) is 11.6. The quantitative estimate of drug-likeness (QED) is 0.158. The van der Waals surface area contributed by atoms with Crippen LogP contribution in [0, 0.1) is 0 Å². The van der Waals surface area contributed by atoms with E-state index in [0.29, 0.717) is 5.82 Å². The van der Waals surface area contributed by atoms with Gasteiger partial charge in [0.05, 0.1) is 16.7 Å². The Kier molecular flexibility index (Phi) is 7.78. The molecule has 0 amide bonds. The van der Waals surface area contributed by atoms with Gasteiger partial charge < -0.3 is 0 Å². The zero-order valence-electron chi connectivity index (χ0n) is 32.4. The van der Waals surface area contributed by atoms with E-state index in [1.165, 1.54) is 16.2 Å². The van der Waals surface area contributed by atoms with Crippen LogP contribution in [0.3, 0.4) is 0 Å². The van der Waals surface area contributed by atoms with E-state index >= 15 is 0 Å². The van der Waals surface area contributed by atoms with E-state index in [1.807, 2.05) is 18.2 Å². The zero-order chi connectivity index (χ0) is 39.6. The van der Waals surface area contributed by atoms with Crippen LogP contribution in [-0.2, 0) is 0 Å². The van der Waals surface area contributed by atoms with E-state index in [2.05, 4.69) is 203 Å². The van der Waals surface area contributed by atoms with Crippen molar-refractivity contribution < 1.29 is 0 Å². The molecular formula is C55H35N5. The number of benzene rings is 9. The van der Waals surface area contributed by atoms with E-state index in [-0.39, 0.29) is 0 Å². The molecule has 9 aromatic carbocycles. The van der Waals surface area contributed by atoms with Crippen molar-refractivity contribution >= 4 is 49.0 Å². The maximum absolute atomic E-state index is 5.43. The third kappa shape index (κ3) is 5.37. The average Bonchev–Trinajstić information content (AvgIpc) is 3.90. The molecule has 0 radical (unpaired) electrons. The molecule has 0 unspecified atom stereocenters. The Morgan fingerprint density at radius 2 is 0.767 bits per heavy atom. The van der Waals surface area contributed by atoms with E-state index in [0.717, 1.165) is 89.3 Å². The lowest BCUT2D eigenvalue weighted by molar-refractivity contribution is 1.05. The second-order valence-electron chi connectivity index (χ2n) is 15.2. The average molecular weight is 766 g/mol. The third-order valence-electron chi connectivity index (χ3n) is 11.7. The van der Waals surface area contributed by atoms with Crippen LogP contribution in [0.1, 0.15) is 0 Å². The van der Waals surface area contributed by atoms with Gasteiger partial charge in [-0.3, -0.25) is 8.97 Å². The fraction of sp³-hybridized carbons (Fsp3) is 0. The fourth-order valence-corrected chi connectivity index (χ4v) is 8.97. The molecule has 0 saturated carbocycles. The van der Waals surface area contributed by atoms with Crippen LogP contribution in [-0.4, -0.2) is 23.9 Å². The van der Waals surface area contributed by atoms with Crippen LogP contribution in [0.5, 0.6) is 0 Å². The minimum atomic E-state index is 0.697. The van der Waals surface area contributed by atoms with Crippen molar-refractivity contribution in [2.75, 3.05) is 0 Å². The van der Waals surface area contributed by atoms with Crippen LogP contribution >= 0.6 is 0 Å². The van der Waals surface area contributed by atoms with Gasteiger partial charge in [-0.25, -0.2) is 15.0 Å². The molecular weight excluding hydrogens is 731 g/mol. The molecule has 280 valence electrons. The van der Waals surface area contributed by atoms with Gasteiger partial charge in [0, 0.05) is 43.9 Å². The van der Waals surface area contributed by atoms with Crippen LogP contribution in [0.2, 0.25) is 0 Å². The van der Waals surface area contributed by atoms with Crippen LogP contribution in [0.4, 0.5) is 0 Å². The summed E-state index contributed by atoms with van der Waals surface area (Å²) in [5, 5.41) is 7.01. The Labute approximate surface area is 346 Å². The number of rotatable bonds is 6. The SMILES string of the molecule is c1ccc(-c2nc(-c3ccc(-c4ccc(-c5nc6c7ccccc7c7ccccc7c6n5-c5ccccc5)cc4)cc3)n3c(-c4ccccc4)c4ccccc4c3n2)cc1. The number of hydrogen-bond acceptors (Lipinski definition) is 3. The summed E-state index contributed by atoms with van der Waals surface area (Å²) in [5.74, 6) is 2.45. The molecule has 12 aromatic rings. The van der Waals surface area contributed by atoms with Crippen LogP contribution in [0.15, 0.2) is 212 Å². The molecule has 0 fully saturated rings. The summed E-state index contributed by atoms with van der Waals surface area (Å²) >= 11 is 0. The van der Waals surface area contributed by atoms with E-state index in [4.69, 9.17) is 15.0 Å². The number of imidazole rings is 1. The van der Waals surface area contributed by atoms with Crippen molar-refractivity contribution in [3.05, 3.63) is 212 Å². The van der Waals surface area contributed by atoms with Crippen molar-refractivity contribution in [2.45, 2.75) is 0 Å². The van der Waals surface area contributed by atoms with E-state index in [9.17, 15) is 0 Å². The highest BCUT2D eigenvalue weighted by atomic mass is 15.1. The highest BCUT2D eigenvalue weighted by Gasteiger charge is 2.22. The van der Waals surface area contributed by atoms with Crippen molar-refractivity contribution in [3.8, 4) is 62.2 Å². The maximum atomic E-state index is 5.43. The summed E-state index contributed by atoms with van der Waals surface area (Å²) < 4.78 is 4.57. The van der Waals surface area contributed by atoms with Crippen LogP contribution in [0.25, 0.3) is 111 Å². The molecule has 0 aliphatic rings. The smallest absolute Gasteiger partial charge is 0.163 e. The lowest BCUT2D eigenvalue weighted by Crippen LogP contribution is -2.03. The van der Waals surface area contributed by atoms with Gasteiger partial charge in [0.2, 0.25) is 0 Å². The first kappa shape index (κ1) is 33.9. The van der Waals surface area contributed by atoms with Crippen molar-refractivity contribution in [1.82, 2.24) is 23.9 Å². The number of aromatic nitrogens is 5. The van der Waals surface area contributed by atoms with Gasteiger partial charge in [-0.1, -0.05) is 200 Å². The van der Waals surface area contributed by atoms with Gasteiger partial charge in [0.25, 0.3) is 0 Å². The van der Waals surface area contributed by atoms with E-state index in [1.54, 1.807) is 0 Å². The Morgan fingerprint density at radius 3 is 1.40 bits per heavy atom. The van der Waals surface area contributed by atoms with Gasteiger partial charge in [0.1, 0.15) is 17.3 Å². The molecule has 5 nitrogen and oxygen atoms in total. The van der Waals surface area contributed by atoms with E-state index < -0.39 is 0 Å². The summed E-state index contributed by atoms with van der Waals surface area (Å²) in [6.45, 7) is 0. The predicted octanol–water partition coefficient (Wildman–Crippen LogP) is 13.9. The molecule has 3 heterocycles. The third-order valence-corrected chi connectivity index (χ3v) is 11.7. The lowest BCUT2D eigenvalue weighted by atomic mass is 10.00. The second-order valence-corrected chi connectivity index (χ2v) is 15.2. The Bertz CT molecular complexity index is 3550. The molecule has 0 N–H and O–H groups in total. The Hall–Kier alpha value is -8.15. The molecule has 0 aliphatic heterocycles. The minimum Gasteiger partial charge on any atom is -0.292 e. The summed E-state index contributed by atoms with van der Waals surface area (Å²) in [7, 11) is 0. The highest BCUT2D eigenvalue weighted by Crippen LogP contribution is 2.41. The topological polar surface area (TPSA) is 48.0 Å². The fourth-order valence-electron chi connectivity index (χ4n) is 8.97. The summed E-state index contributed by atoms with van der Waals surface area (Å²) in [6, 6.07) is 74.8. The number of hydrogen-bond donors (Lipinski definition) is 0. The molecule has 60 heavy (non-hydrogen) atoms. The Balaban J connectivity index is 0.992. The molecule has 0 atom stereocenters. The Morgan fingerprint density at radius 1 is 0.300 bits per heavy atom. The predicted molar refractivity (Wildman–Crippen MR) is 247 cm³/mol. The molecule has 5 heteroatoms. The maximum Gasteiger partial charge on any atom is 0.163 e. The zero-order valence-corrected chi connectivity index (χ0v) is 32.4. The normalized spacial score (nSPS) is 11.7. The van der Waals surface area contributed by atoms with Crippen molar-refractivity contribution in [3.63, 3.8) is 0 Å². The lowest BCUT2D eigenvalue weighted by Gasteiger charge is -2.13.